The quantitative estimate of drug-likeness (QED) is 0.497. The summed E-state index contributed by atoms with van der Waals surface area (Å²) in [5, 5.41) is 18.3. The largest absolute Gasteiger partial charge is 0.392 e. The van der Waals surface area contributed by atoms with E-state index < -0.39 is 18.3 Å². The SMILES string of the molecule is O=C1C(I)=C(CO)[C@@H](O)[C@@H]2O[C@H]12. The van der Waals surface area contributed by atoms with Crippen LogP contribution in [0.4, 0.5) is 0 Å². The number of ketones is 1. The molecule has 4 nitrogen and oxygen atoms in total. The Balaban J connectivity index is 2.37. The fourth-order valence-corrected chi connectivity index (χ4v) is 2.15. The van der Waals surface area contributed by atoms with Gasteiger partial charge in [-0.25, -0.2) is 0 Å². The van der Waals surface area contributed by atoms with Crippen LogP contribution in [0.1, 0.15) is 0 Å². The minimum absolute atomic E-state index is 0.116. The van der Waals surface area contributed by atoms with Gasteiger partial charge in [-0.1, -0.05) is 0 Å². The Morgan fingerprint density at radius 2 is 2.25 bits per heavy atom. The molecule has 2 aliphatic rings. The summed E-state index contributed by atoms with van der Waals surface area (Å²) in [6.07, 6.45) is -1.66. The summed E-state index contributed by atoms with van der Waals surface area (Å²) in [5.41, 5.74) is 0.388. The lowest BCUT2D eigenvalue weighted by molar-refractivity contribution is -0.116. The highest BCUT2D eigenvalue weighted by Gasteiger charge is 2.55. The van der Waals surface area contributed by atoms with Crippen molar-refractivity contribution in [3.63, 3.8) is 0 Å². The molecule has 1 fully saturated rings. The highest BCUT2D eigenvalue weighted by Crippen LogP contribution is 2.39. The average molecular weight is 282 g/mol. The molecule has 0 bridgehead atoms. The molecule has 2 rings (SSSR count). The van der Waals surface area contributed by atoms with Crippen molar-refractivity contribution in [3.05, 3.63) is 9.15 Å². The van der Waals surface area contributed by atoms with E-state index in [1.54, 1.807) is 0 Å². The number of ether oxygens (including phenoxy) is 1. The first-order chi connectivity index (χ1) is 5.66. The van der Waals surface area contributed by atoms with Gasteiger partial charge in [0.2, 0.25) is 5.78 Å². The van der Waals surface area contributed by atoms with Crippen molar-refractivity contribution in [2.45, 2.75) is 18.3 Å². The van der Waals surface area contributed by atoms with Crippen molar-refractivity contribution < 1.29 is 19.7 Å². The number of Topliss-reactive ketones (excluding diaryl/α,β-unsaturated/α-hetero) is 1. The van der Waals surface area contributed by atoms with Crippen LogP contribution in [-0.4, -0.2) is 40.9 Å². The first-order valence-corrected chi connectivity index (χ1v) is 4.62. The van der Waals surface area contributed by atoms with Crippen LogP contribution in [0.2, 0.25) is 0 Å². The van der Waals surface area contributed by atoms with E-state index >= 15 is 0 Å². The topological polar surface area (TPSA) is 70.1 Å². The Morgan fingerprint density at radius 3 is 2.83 bits per heavy atom. The minimum Gasteiger partial charge on any atom is -0.392 e. The molecule has 1 heterocycles. The van der Waals surface area contributed by atoms with Crippen molar-refractivity contribution in [2.75, 3.05) is 6.61 Å². The van der Waals surface area contributed by atoms with E-state index in [0.29, 0.717) is 9.15 Å². The predicted octanol–water partition coefficient (Wildman–Crippen LogP) is -0.621. The number of hydrogen-bond acceptors (Lipinski definition) is 4. The van der Waals surface area contributed by atoms with Crippen LogP contribution in [-0.2, 0) is 9.53 Å². The van der Waals surface area contributed by atoms with E-state index in [1.165, 1.54) is 0 Å². The first-order valence-electron chi connectivity index (χ1n) is 3.54. The van der Waals surface area contributed by atoms with Crippen molar-refractivity contribution >= 4 is 28.4 Å². The molecule has 0 saturated carbocycles. The van der Waals surface area contributed by atoms with Crippen molar-refractivity contribution in [3.8, 4) is 0 Å². The number of epoxide rings is 1. The van der Waals surface area contributed by atoms with Crippen molar-refractivity contribution in [1.29, 1.82) is 0 Å². The molecule has 1 aliphatic heterocycles. The molecule has 1 saturated heterocycles. The normalized spacial score (nSPS) is 39.9. The molecule has 3 atom stereocenters. The van der Waals surface area contributed by atoms with Crippen LogP contribution in [0, 0.1) is 0 Å². The fraction of sp³-hybridized carbons (Fsp3) is 0.571. The van der Waals surface area contributed by atoms with Gasteiger partial charge in [-0.2, -0.15) is 0 Å². The molecular formula is C7H7IO4. The van der Waals surface area contributed by atoms with E-state index in [9.17, 15) is 9.90 Å². The molecule has 12 heavy (non-hydrogen) atoms. The van der Waals surface area contributed by atoms with Crippen LogP contribution in [0.15, 0.2) is 9.15 Å². The van der Waals surface area contributed by atoms with Crippen LogP contribution in [0.25, 0.3) is 0 Å². The molecule has 0 aromatic carbocycles. The zero-order chi connectivity index (χ0) is 8.88. The van der Waals surface area contributed by atoms with E-state index in [2.05, 4.69) is 0 Å². The molecule has 0 spiro atoms. The molecule has 0 radical (unpaired) electrons. The van der Waals surface area contributed by atoms with Gasteiger partial charge in [0, 0.05) is 5.57 Å². The minimum atomic E-state index is -0.801. The third-order valence-corrected chi connectivity index (χ3v) is 3.35. The second-order valence-corrected chi connectivity index (χ2v) is 3.91. The smallest absolute Gasteiger partial charge is 0.200 e. The number of rotatable bonds is 1. The first kappa shape index (κ1) is 8.61. The standard InChI is InChI=1S/C7H7IO4/c8-3-2(1-9)4(10)6-7(12-6)5(3)11/h4,6-7,9-10H,1H2/t4-,6+,7-/m1/s1. The third kappa shape index (κ3) is 1.04. The maximum Gasteiger partial charge on any atom is 0.200 e. The summed E-state index contributed by atoms with van der Waals surface area (Å²) in [4.78, 5) is 11.3. The Morgan fingerprint density at radius 1 is 1.58 bits per heavy atom. The molecule has 0 aromatic rings. The highest BCUT2D eigenvalue weighted by molar-refractivity contribution is 14.1. The number of aliphatic hydroxyl groups excluding tert-OH is 2. The van der Waals surface area contributed by atoms with E-state index in [4.69, 9.17) is 9.84 Å². The monoisotopic (exact) mass is 282 g/mol. The highest BCUT2D eigenvalue weighted by atomic mass is 127. The summed E-state index contributed by atoms with van der Waals surface area (Å²) in [6.45, 7) is -0.280. The molecular weight excluding hydrogens is 275 g/mol. The van der Waals surface area contributed by atoms with Gasteiger partial charge in [0.15, 0.2) is 6.10 Å². The molecule has 1 aliphatic carbocycles. The van der Waals surface area contributed by atoms with Gasteiger partial charge in [0.25, 0.3) is 0 Å². The average Bonchev–Trinajstić information content (AvgIpc) is 2.81. The lowest BCUT2D eigenvalue weighted by Crippen LogP contribution is -2.31. The molecule has 0 aromatic heterocycles. The molecule has 0 amide bonds. The Hall–Kier alpha value is 0.0200. The maximum atomic E-state index is 11.3. The summed E-state index contributed by atoms with van der Waals surface area (Å²) in [6, 6.07) is 0. The number of carbonyl (C=O) groups excluding carboxylic acids is 1. The second-order valence-electron chi connectivity index (χ2n) is 2.83. The van der Waals surface area contributed by atoms with Crippen LogP contribution in [0.3, 0.4) is 0 Å². The molecule has 2 N–H and O–H groups in total. The van der Waals surface area contributed by atoms with Gasteiger partial charge >= 0.3 is 0 Å². The van der Waals surface area contributed by atoms with Gasteiger partial charge in [0.1, 0.15) is 12.2 Å². The Kier molecular flexibility index (Phi) is 1.98. The van der Waals surface area contributed by atoms with Gasteiger partial charge < -0.3 is 14.9 Å². The molecule has 66 valence electrons. The van der Waals surface area contributed by atoms with Crippen LogP contribution < -0.4 is 0 Å². The predicted molar refractivity (Wildman–Crippen MR) is 47.8 cm³/mol. The summed E-state index contributed by atoms with van der Waals surface area (Å²) >= 11 is 1.83. The molecule has 0 unspecified atom stereocenters. The van der Waals surface area contributed by atoms with Gasteiger partial charge in [-0.05, 0) is 22.6 Å². The number of halogens is 1. The Bertz CT molecular complexity index is 273. The van der Waals surface area contributed by atoms with Crippen LogP contribution >= 0.6 is 22.6 Å². The lowest BCUT2D eigenvalue weighted by atomic mass is 9.96. The number of fused-ring (bicyclic) bond motifs is 1. The van der Waals surface area contributed by atoms with E-state index in [-0.39, 0.29) is 12.4 Å². The lowest BCUT2D eigenvalue weighted by Gasteiger charge is -2.16. The number of hydrogen-bond donors (Lipinski definition) is 2. The zero-order valence-electron chi connectivity index (χ0n) is 6.03. The zero-order valence-corrected chi connectivity index (χ0v) is 8.19. The second kappa shape index (κ2) is 2.76. The number of aliphatic hydroxyl groups is 2. The van der Waals surface area contributed by atoms with Gasteiger partial charge in [-0.3, -0.25) is 4.79 Å². The Labute approximate surface area is 82.4 Å². The summed E-state index contributed by atoms with van der Waals surface area (Å²) in [7, 11) is 0. The maximum absolute atomic E-state index is 11.3. The summed E-state index contributed by atoms with van der Waals surface area (Å²) < 4.78 is 5.37. The summed E-state index contributed by atoms with van der Waals surface area (Å²) in [5.74, 6) is -0.116. The molecule has 5 heteroatoms. The van der Waals surface area contributed by atoms with E-state index in [1.807, 2.05) is 22.6 Å². The van der Waals surface area contributed by atoms with Gasteiger partial charge in [-0.15, -0.1) is 0 Å². The van der Waals surface area contributed by atoms with Crippen LogP contribution in [0.5, 0.6) is 0 Å². The fourth-order valence-electron chi connectivity index (χ4n) is 1.35. The third-order valence-electron chi connectivity index (χ3n) is 2.12. The number of carbonyl (C=O) groups is 1. The van der Waals surface area contributed by atoms with Crippen molar-refractivity contribution in [2.24, 2.45) is 0 Å². The van der Waals surface area contributed by atoms with E-state index in [0.717, 1.165) is 0 Å². The van der Waals surface area contributed by atoms with Crippen molar-refractivity contribution in [1.82, 2.24) is 0 Å². The van der Waals surface area contributed by atoms with Gasteiger partial charge in [0.05, 0.1) is 10.2 Å².